The van der Waals surface area contributed by atoms with Crippen LogP contribution in [0, 0.1) is 13.8 Å². The molecule has 0 spiro atoms. The van der Waals surface area contributed by atoms with Crippen molar-refractivity contribution < 1.29 is 0 Å². The first-order valence-electron chi connectivity index (χ1n) is 30.7. The summed E-state index contributed by atoms with van der Waals surface area (Å²) >= 11 is 2.07. The summed E-state index contributed by atoms with van der Waals surface area (Å²) in [5.41, 5.74) is 32.5. The van der Waals surface area contributed by atoms with Crippen molar-refractivity contribution in [1.29, 1.82) is 0 Å². The van der Waals surface area contributed by atoms with E-state index >= 15 is 0 Å². The lowest BCUT2D eigenvalue weighted by molar-refractivity contribution is 0.327. The first kappa shape index (κ1) is 52.0. The molecule has 6 aromatic carbocycles. The van der Waals surface area contributed by atoms with Gasteiger partial charge in [0, 0.05) is 32.7 Å². The van der Waals surface area contributed by atoms with Crippen molar-refractivity contribution in [3.63, 3.8) is 0 Å². The van der Waals surface area contributed by atoms with Crippen LogP contribution in [0.3, 0.4) is 0 Å². The van der Waals surface area contributed by atoms with Gasteiger partial charge >= 0.3 is 0 Å². The first-order chi connectivity index (χ1) is 36.7. The average Bonchev–Trinajstić information content (AvgIpc) is 3.14. The van der Waals surface area contributed by atoms with Crippen LogP contribution in [0.1, 0.15) is 243 Å². The molecule has 4 aliphatic carbocycles. The van der Waals surface area contributed by atoms with Gasteiger partial charge in [0.05, 0.1) is 16.4 Å². The average molecular weight is 1060 g/mol. The van der Waals surface area contributed by atoms with Crippen LogP contribution in [0.15, 0.2) is 78.9 Å². The van der Waals surface area contributed by atoms with Gasteiger partial charge in [0.1, 0.15) is 0 Å². The Kier molecular flexibility index (Phi) is 10.4. The van der Waals surface area contributed by atoms with E-state index in [-0.39, 0.29) is 55.4 Å². The number of anilines is 6. The zero-order valence-corrected chi connectivity index (χ0v) is 52.9. The molecule has 2 nitrogen and oxygen atoms in total. The topological polar surface area (TPSA) is 6.48 Å². The van der Waals surface area contributed by atoms with Gasteiger partial charge in [0.2, 0.25) is 0 Å². The van der Waals surface area contributed by atoms with Gasteiger partial charge in [-0.1, -0.05) is 155 Å². The van der Waals surface area contributed by atoms with Gasteiger partial charge in [0.15, 0.2) is 0 Å². The van der Waals surface area contributed by atoms with Crippen LogP contribution < -0.4 is 26.2 Å². The molecule has 3 aliphatic heterocycles. The van der Waals surface area contributed by atoms with Crippen LogP contribution in [0.4, 0.5) is 33.4 Å². The van der Waals surface area contributed by atoms with Crippen molar-refractivity contribution >= 4 is 78.0 Å². The smallest absolute Gasteiger partial charge is 0.254 e. The highest BCUT2D eigenvalue weighted by Gasteiger charge is 2.55. The minimum atomic E-state index is -0.131. The molecule has 4 heterocycles. The number of benzene rings is 6. The zero-order chi connectivity index (χ0) is 56.2. The van der Waals surface area contributed by atoms with E-state index in [4.69, 9.17) is 0 Å². The summed E-state index contributed by atoms with van der Waals surface area (Å²) < 4.78 is 1.43. The van der Waals surface area contributed by atoms with Gasteiger partial charge in [-0.2, -0.15) is 0 Å². The Labute approximate surface area is 480 Å². The van der Waals surface area contributed by atoms with Gasteiger partial charge in [-0.05, 0) is 251 Å². The molecule has 14 rings (SSSR count). The van der Waals surface area contributed by atoms with Gasteiger partial charge < -0.3 is 9.80 Å². The molecule has 4 heteroatoms. The lowest BCUT2D eigenvalue weighted by Gasteiger charge is -2.55. The predicted molar refractivity (Wildman–Crippen MR) is 344 cm³/mol. The molecule has 79 heavy (non-hydrogen) atoms. The fourth-order valence-electron chi connectivity index (χ4n) is 17.2. The van der Waals surface area contributed by atoms with E-state index in [0.717, 1.165) is 6.42 Å². The van der Waals surface area contributed by atoms with Gasteiger partial charge in [-0.25, -0.2) is 0 Å². The Balaban J connectivity index is 1.13. The van der Waals surface area contributed by atoms with Gasteiger partial charge in [0.25, 0.3) is 6.71 Å². The lowest BCUT2D eigenvalue weighted by Crippen LogP contribution is -2.62. The minimum absolute atomic E-state index is 0.0376. The standard InChI is InChI=1S/C75H89BN2S/c1-42-33-59-64-60(34-42)78(57-24-21-44(67(3,4)5)36-46(57)45-37-50-49(35-43(45)2)69(8,9)25-26-70(50,10)11)66-63(47-38-51-54(41-61(47)79-66)74(18,19)30-27-71(51,12)13)76(64)56-23-22-48-62-65(56)77(59)58-40-53-52(72(14,15)28-29-73(53,16)17)39-55(58)75(62,20)32-31-68(48,6)7/h21-24,33-41H,25-32H2,1-20H3. The maximum atomic E-state index is 2.86. The molecule has 0 N–H and O–H groups in total. The van der Waals surface area contributed by atoms with E-state index in [2.05, 4.69) is 238 Å². The molecule has 1 atom stereocenters. The number of thiophene rings is 1. The van der Waals surface area contributed by atoms with Crippen LogP contribution in [-0.4, -0.2) is 6.71 Å². The number of aryl methyl sites for hydroxylation is 2. The number of nitrogens with zero attached hydrogens (tertiary/aromatic N) is 2. The first-order valence-corrected chi connectivity index (χ1v) is 31.5. The largest absolute Gasteiger partial charge is 0.311 e. The maximum Gasteiger partial charge on any atom is 0.254 e. The summed E-state index contributed by atoms with van der Waals surface area (Å²) in [7, 11) is 0. The third-order valence-corrected chi connectivity index (χ3v) is 24.0. The van der Waals surface area contributed by atoms with E-state index < -0.39 is 0 Å². The van der Waals surface area contributed by atoms with Crippen LogP contribution in [0.2, 0.25) is 0 Å². The molecule has 7 aromatic rings. The summed E-state index contributed by atoms with van der Waals surface area (Å²) in [6.45, 7) is 49.8. The Hall–Kier alpha value is -5.06. The van der Waals surface area contributed by atoms with Crippen LogP contribution >= 0.6 is 11.3 Å². The Bertz CT molecular complexity index is 3870. The number of hydrogen-bond donors (Lipinski definition) is 0. The Morgan fingerprint density at radius 1 is 0.430 bits per heavy atom. The number of fused-ring (bicyclic) bond motifs is 12. The summed E-state index contributed by atoms with van der Waals surface area (Å²) in [4.78, 5) is 5.67. The van der Waals surface area contributed by atoms with Crippen molar-refractivity contribution in [1.82, 2.24) is 0 Å². The predicted octanol–water partition coefficient (Wildman–Crippen LogP) is 19.3. The molecule has 0 amide bonds. The normalized spacial score (nSPS) is 23.2. The Morgan fingerprint density at radius 3 is 1.53 bits per heavy atom. The molecular weight excluding hydrogens is 972 g/mol. The zero-order valence-electron chi connectivity index (χ0n) is 52.0. The number of rotatable bonds is 2. The Morgan fingerprint density at radius 2 is 0.937 bits per heavy atom. The molecule has 0 bridgehead atoms. The minimum Gasteiger partial charge on any atom is -0.311 e. The fourth-order valence-corrected chi connectivity index (χ4v) is 18.4. The summed E-state index contributed by atoms with van der Waals surface area (Å²) in [6, 6.07) is 34.2. The van der Waals surface area contributed by atoms with E-state index in [0.29, 0.717) is 0 Å². The molecule has 1 aromatic heterocycles. The van der Waals surface area contributed by atoms with Crippen LogP contribution in [0.5, 0.6) is 0 Å². The summed E-state index contributed by atoms with van der Waals surface area (Å²) in [6.07, 6.45) is 9.51. The second-order valence-corrected chi connectivity index (χ2v) is 33.6. The second kappa shape index (κ2) is 15.7. The highest BCUT2D eigenvalue weighted by atomic mass is 32.1. The fraction of sp³-hybridized carbons (Fsp3) is 0.493. The van der Waals surface area contributed by atoms with Crippen molar-refractivity contribution in [2.45, 2.75) is 239 Å². The molecule has 0 saturated carbocycles. The highest BCUT2D eigenvalue weighted by Crippen LogP contribution is 2.64. The van der Waals surface area contributed by atoms with Gasteiger partial charge in [-0.3, -0.25) is 0 Å². The van der Waals surface area contributed by atoms with Crippen molar-refractivity contribution in [2.75, 3.05) is 9.80 Å². The quantitative estimate of drug-likeness (QED) is 0.159. The third-order valence-electron chi connectivity index (χ3n) is 22.9. The summed E-state index contributed by atoms with van der Waals surface area (Å²) in [5.74, 6) is 0. The SMILES string of the molecule is Cc1cc2c3c(c1)N1c4cc5c(cc4C4(C)CCC(C)(C)c6ccc(c1c64)B3c1c(sc3cc4c(cc13)C(C)(C)CCC4(C)C)N2c1ccc(C(C)(C)C)cc1-c1cc2c(cc1C)C(C)(C)CCC2(C)C)C(C)(C)CCC5(C)C. The third kappa shape index (κ3) is 7.00. The molecule has 7 aliphatic rings. The van der Waals surface area contributed by atoms with Crippen molar-refractivity contribution in [3.8, 4) is 11.1 Å². The highest BCUT2D eigenvalue weighted by molar-refractivity contribution is 7.26. The van der Waals surface area contributed by atoms with E-state index in [9.17, 15) is 0 Å². The van der Waals surface area contributed by atoms with Crippen molar-refractivity contribution in [3.05, 3.63) is 146 Å². The monoisotopic (exact) mass is 1060 g/mol. The maximum absolute atomic E-state index is 2.86. The van der Waals surface area contributed by atoms with Gasteiger partial charge in [-0.15, -0.1) is 11.3 Å². The van der Waals surface area contributed by atoms with Crippen molar-refractivity contribution in [2.24, 2.45) is 0 Å². The van der Waals surface area contributed by atoms with E-state index in [1.807, 2.05) is 0 Å². The van der Waals surface area contributed by atoms with Crippen LogP contribution in [0.25, 0.3) is 21.2 Å². The van der Waals surface area contributed by atoms with E-state index in [1.54, 1.807) is 33.4 Å². The molecule has 1 unspecified atom stereocenters. The molecule has 408 valence electrons. The molecule has 0 radical (unpaired) electrons. The molecule has 0 fully saturated rings. The number of hydrogen-bond acceptors (Lipinski definition) is 3. The second-order valence-electron chi connectivity index (χ2n) is 32.6. The van der Waals surface area contributed by atoms with Crippen LogP contribution in [-0.2, 0) is 48.7 Å². The van der Waals surface area contributed by atoms with E-state index in [1.165, 1.54) is 149 Å². The molecule has 0 saturated heterocycles. The summed E-state index contributed by atoms with van der Waals surface area (Å²) in [5, 5.41) is 2.84. The lowest BCUT2D eigenvalue weighted by atomic mass is 9.32. The molecular formula is C75H89BN2S.